The molecule has 2 aromatic carbocycles. The first kappa shape index (κ1) is 18.9. The Balaban J connectivity index is 1.48. The summed E-state index contributed by atoms with van der Waals surface area (Å²) < 4.78 is 0. The van der Waals surface area contributed by atoms with E-state index in [4.69, 9.17) is 17.3 Å². The van der Waals surface area contributed by atoms with Crippen LogP contribution in [0, 0.1) is 5.92 Å². The first-order chi connectivity index (χ1) is 12.9. The predicted octanol–water partition coefficient (Wildman–Crippen LogP) is 1.98. The third kappa shape index (κ3) is 5.08. The lowest BCUT2D eigenvalue weighted by Crippen LogP contribution is -2.33. The Kier molecular flexibility index (Phi) is 5.76. The highest BCUT2D eigenvalue weighted by Crippen LogP contribution is 2.47. The van der Waals surface area contributed by atoms with Crippen molar-refractivity contribution in [3.05, 3.63) is 70.2 Å². The average Bonchev–Trinajstić information content (AvgIpc) is 3.45. The van der Waals surface area contributed by atoms with E-state index in [0.717, 1.165) is 17.5 Å². The Hall–Kier alpha value is -2.86. The summed E-state index contributed by atoms with van der Waals surface area (Å²) >= 11 is 6.00. The predicted molar refractivity (Wildman–Crippen MR) is 102 cm³/mol. The zero-order chi connectivity index (χ0) is 19.4. The quantitative estimate of drug-likeness (QED) is 0.679. The van der Waals surface area contributed by atoms with Crippen LogP contribution in [0.15, 0.2) is 48.5 Å². The van der Waals surface area contributed by atoms with Crippen molar-refractivity contribution in [2.75, 3.05) is 6.54 Å². The second-order valence-corrected chi connectivity index (χ2v) is 7.00. The molecule has 0 aromatic heterocycles. The van der Waals surface area contributed by atoms with E-state index in [9.17, 15) is 14.4 Å². The van der Waals surface area contributed by atoms with Crippen molar-refractivity contribution < 1.29 is 14.4 Å². The number of primary amides is 1. The molecule has 0 radical (unpaired) electrons. The van der Waals surface area contributed by atoms with Crippen LogP contribution < -0.4 is 16.4 Å². The molecular weight excluding hydrogens is 366 g/mol. The summed E-state index contributed by atoms with van der Waals surface area (Å²) in [5.41, 5.74) is 7.40. The fourth-order valence-corrected chi connectivity index (χ4v) is 3.15. The van der Waals surface area contributed by atoms with Crippen LogP contribution in [0.2, 0.25) is 5.02 Å². The van der Waals surface area contributed by atoms with Crippen molar-refractivity contribution in [1.29, 1.82) is 0 Å². The number of amides is 3. The largest absolute Gasteiger partial charge is 0.368 e. The van der Waals surface area contributed by atoms with Gasteiger partial charge in [0.1, 0.15) is 0 Å². The maximum atomic E-state index is 12.3. The van der Waals surface area contributed by atoms with Gasteiger partial charge in [0, 0.05) is 23.0 Å². The molecular formula is C20H20ClN3O3. The van der Waals surface area contributed by atoms with E-state index in [-0.39, 0.29) is 30.2 Å². The number of hydrogen-bond donors (Lipinski definition) is 3. The summed E-state index contributed by atoms with van der Waals surface area (Å²) in [5.74, 6) is -0.754. The van der Waals surface area contributed by atoms with Crippen LogP contribution in [0.25, 0.3) is 0 Å². The summed E-state index contributed by atoms with van der Waals surface area (Å²) in [6.07, 6.45) is 0.825. The van der Waals surface area contributed by atoms with Gasteiger partial charge in [-0.3, -0.25) is 14.4 Å². The summed E-state index contributed by atoms with van der Waals surface area (Å²) in [7, 11) is 0. The summed E-state index contributed by atoms with van der Waals surface area (Å²) in [5, 5.41) is 6.03. The molecule has 140 valence electrons. The van der Waals surface area contributed by atoms with E-state index >= 15 is 0 Å². The van der Waals surface area contributed by atoms with Gasteiger partial charge in [-0.05, 0) is 47.7 Å². The van der Waals surface area contributed by atoms with E-state index in [1.54, 1.807) is 24.3 Å². The summed E-state index contributed by atoms with van der Waals surface area (Å²) in [6, 6.07) is 14.4. The Morgan fingerprint density at radius 2 is 1.81 bits per heavy atom. The van der Waals surface area contributed by atoms with Crippen molar-refractivity contribution in [2.45, 2.75) is 18.9 Å². The molecule has 0 aliphatic heterocycles. The lowest BCUT2D eigenvalue weighted by molar-refractivity contribution is -0.122. The zero-order valence-corrected chi connectivity index (χ0v) is 15.3. The molecule has 2 atom stereocenters. The highest BCUT2D eigenvalue weighted by molar-refractivity contribution is 6.30. The molecule has 3 rings (SSSR count). The highest BCUT2D eigenvalue weighted by Gasteiger charge is 2.43. The molecule has 0 bridgehead atoms. The van der Waals surface area contributed by atoms with Crippen LogP contribution in [-0.4, -0.2) is 24.3 Å². The minimum absolute atomic E-state index is 0.0169. The second-order valence-electron chi connectivity index (χ2n) is 6.57. The Bertz CT molecular complexity index is 867. The second kappa shape index (κ2) is 8.22. The SMILES string of the molecule is NC(=O)CNC(=O)c1ccc(CNC(=O)C2CC2c2cccc(Cl)c2)cc1. The van der Waals surface area contributed by atoms with Gasteiger partial charge in [-0.25, -0.2) is 0 Å². The van der Waals surface area contributed by atoms with Gasteiger partial charge in [-0.1, -0.05) is 35.9 Å². The zero-order valence-electron chi connectivity index (χ0n) is 14.6. The van der Waals surface area contributed by atoms with Crippen LogP contribution in [-0.2, 0) is 16.1 Å². The number of benzene rings is 2. The van der Waals surface area contributed by atoms with Gasteiger partial charge in [0.15, 0.2) is 0 Å². The highest BCUT2D eigenvalue weighted by atomic mass is 35.5. The number of rotatable bonds is 7. The molecule has 1 fully saturated rings. The van der Waals surface area contributed by atoms with Gasteiger partial charge in [-0.15, -0.1) is 0 Å². The van der Waals surface area contributed by atoms with Gasteiger partial charge in [0.2, 0.25) is 11.8 Å². The smallest absolute Gasteiger partial charge is 0.251 e. The van der Waals surface area contributed by atoms with Crippen LogP contribution >= 0.6 is 11.6 Å². The normalized spacial score (nSPS) is 17.8. The van der Waals surface area contributed by atoms with E-state index in [0.29, 0.717) is 17.1 Å². The number of carbonyl (C=O) groups excluding carboxylic acids is 3. The first-order valence-corrected chi connectivity index (χ1v) is 9.00. The van der Waals surface area contributed by atoms with Gasteiger partial charge in [-0.2, -0.15) is 0 Å². The first-order valence-electron chi connectivity index (χ1n) is 8.62. The maximum absolute atomic E-state index is 12.3. The molecule has 1 aliphatic carbocycles. The molecule has 2 unspecified atom stereocenters. The van der Waals surface area contributed by atoms with E-state index < -0.39 is 5.91 Å². The van der Waals surface area contributed by atoms with Crippen molar-refractivity contribution in [3.8, 4) is 0 Å². The van der Waals surface area contributed by atoms with E-state index in [1.807, 2.05) is 24.3 Å². The number of halogens is 1. The van der Waals surface area contributed by atoms with Crippen LogP contribution in [0.4, 0.5) is 0 Å². The minimum atomic E-state index is -0.598. The van der Waals surface area contributed by atoms with Gasteiger partial charge < -0.3 is 16.4 Å². The Morgan fingerprint density at radius 3 is 2.48 bits per heavy atom. The number of carbonyl (C=O) groups is 3. The Labute approximate surface area is 162 Å². The average molecular weight is 386 g/mol. The summed E-state index contributed by atoms with van der Waals surface area (Å²) in [6.45, 7) is 0.187. The number of nitrogens with two attached hydrogens (primary N) is 1. The standard InChI is InChI=1S/C20H20ClN3O3/c21-15-3-1-2-14(8-15)16-9-17(16)20(27)23-10-12-4-6-13(7-5-12)19(26)24-11-18(22)25/h1-8,16-17H,9-11H2,(H2,22,25)(H,23,27)(H,24,26). The van der Waals surface area contributed by atoms with Gasteiger partial charge in [0.05, 0.1) is 6.54 Å². The van der Waals surface area contributed by atoms with E-state index in [2.05, 4.69) is 10.6 Å². The fourth-order valence-electron chi connectivity index (χ4n) is 2.95. The third-order valence-electron chi connectivity index (χ3n) is 4.51. The van der Waals surface area contributed by atoms with Crippen molar-refractivity contribution >= 4 is 29.3 Å². The molecule has 0 saturated heterocycles. The van der Waals surface area contributed by atoms with Crippen molar-refractivity contribution in [2.24, 2.45) is 11.7 Å². The molecule has 6 nitrogen and oxygen atoms in total. The van der Waals surface area contributed by atoms with Crippen molar-refractivity contribution in [3.63, 3.8) is 0 Å². The maximum Gasteiger partial charge on any atom is 0.251 e. The fraction of sp³-hybridized carbons (Fsp3) is 0.250. The monoisotopic (exact) mass is 385 g/mol. The van der Waals surface area contributed by atoms with Crippen LogP contribution in [0.1, 0.15) is 33.8 Å². The Morgan fingerprint density at radius 1 is 1.07 bits per heavy atom. The summed E-state index contributed by atoms with van der Waals surface area (Å²) in [4.78, 5) is 34.8. The third-order valence-corrected chi connectivity index (χ3v) is 4.75. The molecule has 27 heavy (non-hydrogen) atoms. The van der Waals surface area contributed by atoms with Crippen LogP contribution in [0.5, 0.6) is 0 Å². The molecule has 2 aromatic rings. The number of nitrogens with one attached hydrogen (secondary N) is 2. The topological polar surface area (TPSA) is 101 Å². The molecule has 0 spiro atoms. The molecule has 1 aliphatic rings. The van der Waals surface area contributed by atoms with Gasteiger partial charge in [0.25, 0.3) is 5.91 Å². The molecule has 4 N–H and O–H groups in total. The van der Waals surface area contributed by atoms with Gasteiger partial charge >= 0.3 is 0 Å². The molecule has 1 saturated carbocycles. The lowest BCUT2D eigenvalue weighted by atomic mass is 10.1. The lowest BCUT2D eigenvalue weighted by Gasteiger charge is -2.07. The van der Waals surface area contributed by atoms with Crippen LogP contribution in [0.3, 0.4) is 0 Å². The molecule has 7 heteroatoms. The van der Waals surface area contributed by atoms with Crippen molar-refractivity contribution in [1.82, 2.24) is 10.6 Å². The molecule has 0 heterocycles. The number of hydrogen-bond acceptors (Lipinski definition) is 3. The van der Waals surface area contributed by atoms with E-state index in [1.165, 1.54) is 0 Å². The minimum Gasteiger partial charge on any atom is -0.368 e. The molecule has 3 amide bonds.